The number of rotatable bonds is 4. The van der Waals surface area contributed by atoms with Crippen LogP contribution in [0.3, 0.4) is 0 Å². The van der Waals surface area contributed by atoms with Crippen LogP contribution in [0.15, 0.2) is 21.6 Å². The predicted molar refractivity (Wildman–Crippen MR) is 79.6 cm³/mol. The lowest BCUT2D eigenvalue weighted by atomic mass is 9.64. The fourth-order valence-corrected chi connectivity index (χ4v) is 4.92. The molecular weight excluding hydrogens is 290 g/mol. The Morgan fingerprint density at radius 1 is 1.19 bits per heavy atom. The van der Waals surface area contributed by atoms with Crippen molar-refractivity contribution in [1.82, 2.24) is 4.72 Å². The van der Waals surface area contributed by atoms with Gasteiger partial charge in [-0.2, -0.15) is 0 Å². The van der Waals surface area contributed by atoms with Gasteiger partial charge in [-0.3, -0.25) is 4.79 Å². The molecule has 0 saturated heterocycles. The third-order valence-corrected chi connectivity index (χ3v) is 5.25. The van der Waals surface area contributed by atoms with Gasteiger partial charge in [-0.15, -0.1) is 0 Å². The van der Waals surface area contributed by atoms with Gasteiger partial charge in [0.05, 0.1) is 0 Å². The summed E-state index contributed by atoms with van der Waals surface area (Å²) in [5, 5.41) is -0.203. The van der Waals surface area contributed by atoms with E-state index in [0.717, 1.165) is 19.3 Å². The highest BCUT2D eigenvalue weighted by molar-refractivity contribution is 7.89. The van der Waals surface area contributed by atoms with Crippen LogP contribution in [0, 0.1) is 10.8 Å². The molecule has 0 aromatic carbocycles. The number of hydrogen-bond acceptors (Lipinski definition) is 4. The van der Waals surface area contributed by atoms with Crippen LogP contribution >= 0.6 is 0 Å². The van der Waals surface area contributed by atoms with E-state index >= 15 is 0 Å². The van der Waals surface area contributed by atoms with Crippen molar-refractivity contribution in [1.29, 1.82) is 0 Å². The van der Waals surface area contributed by atoms with Crippen LogP contribution in [0.2, 0.25) is 0 Å². The number of aldehydes is 1. The van der Waals surface area contributed by atoms with E-state index in [-0.39, 0.29) is 27.7 Å². The number of hydrogen-bond donors (Lipinski definition) is 1. The Kier molecular flexibility index (Phi) is 4.06. The molecule has 1 aliphatic rings. The number of carbonyl (C=O) groups excluding carboxylic acids is 1. The first-order valence-electron chi connectivity index (χ1n) is 7.10. The second-order valence-corrected chi connectivity index (χ2v) is 9.15. The summed E-state index contributed by atoms with van der Waals surface area (Å²) < 4.78 is 32.4. The topological polar surface area (TPSA) is 76.4 Å². The first kappa shape index (κ1) is 16.2. The molecule has 21 heavy (non-hydrogen) atoms. The molecule has 0 aliphatic heterocycles. The second-order valence-electron chi connectivity index (χ2n) is 7.51. The van der Waals surface area contributed by atoms with Gasteiger partial charge in [-0.05, 0) is 42.2 Å². The van der Waals surface area contributed by atoms with Crippen LogP contribution in [0.25, 0.3) is 0 Å². The van der Waals surface area contributed by atoms with Crippen LogP contribution < -0.4 is 4.72 Å². The van der Waals surface area contributed by atoms with E-state index in [1.54, 1.807) is 0 Å². The fraction of sp³-hybridized carbons (Fsp3) is 0.667. The van der Waals surface area contributed by atoms with Gasteiger partial charge >= 0.3 is 0 Å². The highest BCUT2D eigenvalue weighted by Gasteiger charge is 2.40. The van der Waals surface area contributed by atoms with Crippen molar-refractivity contribution in [3.05, 3.63) is 17.9 Å². The summed E-state index contributed by atoms with van der Waals surface area (Å²) in [6, 6.07) is 2.54. The lowest BCUT2D eigenvalue weighted by molar-refractivity contribution is 0.0932. The summed E-state index contributed by atoms with van der Waals surface area (Å²) in [4.78, 5) is 10.6. The van der Waals surface area contributed by atoms with E-state index in [1.165, 1.54) is 12.1 Å². The van der Waals surface area contributed by atoms with Gasteiger partial charge in [0, 0.05) is 6.04 Å². The Morgan fingerprint density at radius 3 is 2.24 bits per heavy atom. The minimum absolute atomic E-state index is 0.0136. The summed E-state index contributed by atoms with van der Waals surface area (Å²) in [6.45, 7) is 8.64. The molecule has 6 heteroatoms. The molecule has 1 heterocycles. The highest BCUT2D eigenvalue weighted by atomic mass is 32.2. The minimum atomic E-state index is -3.73. The van der Waals surface area contributed by atoms with Crippen molar-refractivity contribution >= 4 is 16.3 Å². The first-order chi connectivity index (χ1) is 9.53. The van der Waals surface area contributed by atoms with Gasteiger partial charge in [-0.1, -0.05) is 27.7 Å². The lowest BCUT2D eigenvalue weighted by Crippen LogP contribution is -2.45. The monoisotopic (exact) mass is 313 g/mol. The maximum Gasteiger partial charge on any atom is 0.274 e. The molecule has 1 aliphatic carbocycles. The van der Waals surface area contributed by atoms with Crippen molar-refractivity contribution in [2.24, 2.45) is 10.8 Å². The Morgan fingerprint density at radius 2 is 1.76 bits per heavy atom. The van der Waals surface area contributed by atoms with Crippen LogP contribution in [-0.2, 0) is 10.0 Å². The molecule has 0 unspecified atom stereocenters. The molecule has 0 atom stereocenters. The summed E-state index contributed by atoms with van der Waals surface area (Å²) in [7, 11) is -3.73. The third kappa shape index (κ3) is 3.95. The molecule has 5 nitrogen and oxygen atoms in total. The fourth-order valence-electron chi connectivity index (χ4n) is 3.75. The zero-order chi connectivity index (χ0) is 15.9. The molecule has 0 radical (unpaired) electrons. The van der Waals surface area contributed by atoms with Gasteiger partial charge in [0.25, 0.3) is 10.0 Å². The first-order valence-corrected chi connectivity index (χ1v) is 8.59. The average Bonchev–Trinajstić information content (AvgIpc) is 2.72. The smallest absolute Gasteiger partial charge is 0.274 e. The summed E-state index contributed by atoms with van der Waals surface area (Å²) >= 11 is 0. The quantitative estimate of drug-likeness (QED) is 0.867. The molecule has 0 amide bonds. The van der Waals surface area contributed by atoms with Gasteiger partial charge in [0.15, 0.2) is 12.0 Å². The largest absolute Gasteiger partial charge is 0.440 e. The molecule has 1 N–H and O–H groups in total. The molecule has 0 bridgehead atoms. The molecule has 1 aromatic heterocycles. The highest BCUT2D eigenvalue weighted by Crippen LogP contribution is 2.45. The van der Waals surface area contributed by atoms with Crippen molar-refractivity contribution < 1.29 is 17.6 Å². The van der Waals surface area contributed by atoms with Crippen LogP contribution in [0.4, 0.5) is 0 Å². The van der Waals surface area contributed by atoms with E-state index in [1.807, 2.05) is 0 Å². The summed E-state index contributed by atoms with van der Waals surface area (Å²) in [5.74, 6) is 0.0136. The van der Waals surface area contributed by atoms with Crippen LogP contribution in [0.1, 0.15) is 57.5 Å². The van der Waals surface area contributed by atoms with Crippen molar-refractivity contribution in [2.45, 2.75) is 58.1 Å². The zero-order valence-electron chi connectivity index (χ0n) is 13.0. The van der Waals surface area contributed by atoms with E-state index in [2.05, 4.69) is 32.4 Å². The van der Waals surface area contributed by atoms with Crippen LogP contribution in [0.5, 0.6) is 0 Å². The standard InChI is InChI=1S/C15H23NO4S/c1-14(2)7-11(8-15(3,4)10-14)16-21(18,19)13-6-5-12(9-17)20-13/h5-6,9,11,16H,7-8,10H2,1-4H3. The zero-order valence-corrected chi connectivity index (χ0v) is 13.8. The average molecular weight is 313 g/mol. The van der Waals surface area contributed by atoms with Crippen molar-refractivity contribution in [3.63, 3.8) is 0 Å². The van der Waals surface area contributed by atoms with Gasteiger partial charge < -0.3 is 4.42 Å². The summed E-state index contributed by atoms with van der Waals surface area (Å²) in [6.07, 6.45) is 3.13. The number of carbonyl (C=O) groups is 1. The summed E-state index contributed by atoms with van der Waals surface area (Å²) in [5.41, 5.74) is 0.179. The van der Waals surface area contributed by atoms with Gasteiger partial charge in [0.2, 0.25) is 5.09 Å². The SMILES string of the molecule is CC1(C)CC(NS(=O)(=O)c2ccc(C=O)o2)CC(C)(C)C1. The molecule has 0 spiro atoms. The molecular formula is C15H23NO4S. The lowest BCUT2D eigenvalue weighted by Gasteiger charge is -2.44. The second kappa shape index (κ2) is 5.25. The van der Waals surface area contributed by atoms with Crippen LogP contribution in [-0.4, -0.2) is 20.7 Å². The van der Waals surface area contributed by atoms with Crippen molar-refractivity contribution in [3.8, 4) is 0 Å². The van der Waals surface area contributed by atoms with E-state index in [9.17, 15) is 13.2 Å². The van der Waals surface area contributed by atoms with Crippen molar-refractivity contribution in [2.75, 3.05) is 0 Å². The number of nitrogens with one attached hydrogen (secondary N) is 1. The van der Waals surface area contributed by atoms with E-state index in [0.29, 0.717) is 6.29 Å². The molecule has 1 saturated carbocycles. The minimum Gasteiger partial charge on any atom is -0.440 e. The normalized spacial score (nSPS) is 22.1. The predicted octanol–water partition coefficient (Wildman–Crippen LogP) is 2.98. The Labute approximate surface area is 126 Å². The maximum atomic E-state index is 12.3. The van der Waals surface area contributed by atoms with Gasteiger partial charge in [0.1, 0.15) is 0 Å². The molecule has 118 valence electrons. The van der Waals surface area contributed by atoms with E-state index in [4.69, 9.17) is 4.42 Å². The Bertz CT molecular complexity index is 612. The maximum absolute atomic E-state index is 12.3. The number of sulfonamides is 1. The molecule has 1 aromatic rings. The number of furan rings is 1. The Hall–Kier alpha value is -1.14. The third-order valence-electron chi connectivity index (χ3n) is 3.86. The van der Waals surface area contributed by atoms with Gasteiger partial charge in [-0.25, -0.2) is 13.1 Å². The molecule has 1 fully saturated rings. The molecule has 2 rings (SSSR count). The van der Waals surface area contributed by atoms with E-state index < -0.39 is 10.0 Å². The Balaban J connectivity index is 2.18.